The number of halogens is 1. The number of carbonyl (C=O) groups excluding carboxylic acids is 1. The average Bonchev–Trinajstić information content (AvgIpc) is 2.47. The Morgan fingerprint density at radius 3 is 2.71 bits per heavy atom. The van der Waals surface area contributed by atoms with E-state index in [9.17, 15) is 9.18 Å². The summed E-state index contributed by atoms with van der Waals surface area (Å²) in [5, 5.41) is 2.69. The molecular formula is C15H20FN3OS. The quantitative estimate of drug-likeness (QED) is 0.826. The standard InChI is InChI=1S/C15H20FN3OS/c1-18-15(20)10-4-6-19(7-5-10)9-11-8-12(16)2-3-13(11)14(17)21/h2-3,8,10H,4-7,9H2,1H3,(H2,17,21)(H,18,20). The zero-order valence-corrected chi connectivity index (χ0v) is 12.9. The summed E-state index contributed by atoms with van der Waals surface area (Å²) in [6.45, 7) is 2.22. The molecule has 0 spiro atoms. The Morgan fingerprint density at radius 2 is 2.14 bits per heavy atom. The SMILES string of the molecule is CNC(=O)C1CCN(Cc2cc(F)ccc2C(N)=S)CC1. The minimum absolute atomic E-state index is 0.0776. The fraction of sp³-hybridized carbons (Fsp3) is 0.467. The molecule has 1 aromatic carbocycles. The predicted molar refractivity (Wildman–Crippen MR) is 84.4 cm³/mol. The number of thiocarbonyl (C=S) groups is 1. The normalized spacial score (nSPS) is 16.7. The molecule has 21 heavy (non-hydrogen) atoms. The molecular weight excluding hydrogens is 289 g/mol. The van der Waals surface area contributed by atoms with Crippen LogP contribution in [0, 0.1) is 11.7 Å². The first-order valence-corrected chi connectivity index (χ1v) is 7.44. The highest BCUT2D eigenvalue weighted by Gasteiger charge is 2.24. The highest BCUT2D eigenvalue weighted by Crippen LogP contribution is 2.21. The van der Waals surface area contributed by atoms with Crippen LogP contribution in [0.3, 0.4) is 0 Å². The summed E-state index contributed by atoms with van der Waals surface area (Å²) in [5.74, 6) is -0.108. The van der Waals surface area contributed by atoms with Crippen molar-refractivity contribution in [2.45, 2.75) is 19.4 Å². The van der Waals surface area contributed by atoms with Gasteiger partial charge in [-0.05, 0) is 49.7 Å². The Hall–Kier alpha value is -1.53. The van der Waals surface area contributed by atoms with Crippen LogP contribution in [-0.2, 0) is 11.3 Å². The number of likely N-dealkylation sites (tertiary alicyclic amines) is 1. The van der Waals surface area contributed by atoms with Crippen LogP contribution in [0.4, 0.5) is 4.39 Å². The summed E-state index contributed by atoms with van der Waals surface area (Å²) in [6.07, 6.45) is 1.63. The van der Waals surface area contributed by atoms with Crippen molar-refractivity contribution < 1.29 is 9.18 Å². The Morgan fingerprint density at radius 1 is 1.48 bits per heavy atom. The van der Waals surface area contributed by atoms with E-state index in [-0.39, 0.29) is 22.6 Å². The van der Waals surface area contributed by atoms with Crippen LogP contribution >= 0.6 is 12.2 Å². The van der Waals surface area contributed by atoms with Crippen molar-refractivity contribution in [3.63, 3.8) is 0 Å². The fourth-order valence-electron chi connectivity index (χ4n) is 2.73. The van der Waals surface area contributed by atoms with Gasteiger partial charge in [-0.25, -0.2) is 4.39 Å². The first-order valence-electron chi connectivity index (χ1n) is 7.03. The number of carbonyl (C=O) groups is 1. The molecule has 0 atom stereocenters. The van der Waals surface area contributed by atoms with E-state index in [2.05, 4.69) is 10.2 Å². The van der Waals surface area contributed by atoms with Crippen LogP contribution in [0.1, 0.15) is 24.0 Å². The molecule has 3 N–H and O–H groups in total. The molecule has 1 heterocycles. The van der Waals surface area contributed by atoms with Gasteiger partial charge in [-0.2, -0.15) is 0 Å². The van der Waals surface area contributed by atoms with Crippen molar-refractivity contribution >= 4 is 23.1 Å². The maximum absolute atomic E-state index is 13.4. The maximum Gasteiger partial charge on any atom is 0.222 e. The van der Waals surface area contributed by atoms with Gasteiger partial charge in [0.15, 0.2) is 0 Å². The minimum atomic E-state index is -0.287. The van der Waals surface area contributed by atoms with Gasteiger partial charge in [0.1, 0.15) is 10.8 Å². The third-order valence-electron chi connectivity index (χ3n) is 3.93. The molecule has 1 aliphatic heterocycles. The molecule has 0 saturated carbocycles. The number of benzene rings is 1. The van der Waals surface area contributed by atoms with E-state index in [0.29, 0.717) is 6.54 Å². The zero-order chi connectivity index (χ0) is 15.4. The molecule has 0 bridgehead atoms. The van der Waals surface area contributed by atoms with Gasteiger partial charge in [0.25, 0.3) is 0 Å². The van der Waals surface area contributed by atoms with Gasteiger partial charge in [0.05, 0.1) is 0 Å². The van der Waals surface area contributed by atoms with E-state index >= 15 is 0 Å². The van der Waals surface area contributed by atoms with Gasteiger partial charge in [0.2, 0.25) is 5.91 Å². The van der Waals surface area contributed by atoms with Crippen molar-refractivity contribution in [3.8, 4) is 0 Å². The highest BCUT2D eigenvalue weighted by molar-refractivity contribution is 7.80. The van der Waals surface area contributed by atoms with Gasteiger partial charge in [-0.1, -0.05) is 12.2 Å². The maximum atomic E-state index is 13.4. The number of nitrogens with zero attached hydrogens (tertiary/aromatic N) is 1. The lowest BCUT2D eigenvalue weighted by atomic mass is 9.95. The van der Waals surface area contributed by atoms with Crippen LogP contribution in [0.5, 0.6) is 0 Å². The summed E-state index contributed by atoms with van der Waals surface area (Å²) in [6, 6.07) is 4.49. The molecule has 4 nitrogen and oxygen atoms in total. The fourth-order valence-corrected chi connectivity index (χ4v) is 2.93. The Kier molecular flexibility index (Phi) is 5.25. The highest BCUT2D eigenvalue weighted by atomic mass is 32.1. The van der Waals surface area contributed by atoms with Gasteiger partial charge in [-0.15, -0.1) is 0 Å². The van der Waals surface area contributed by atoms with E-state index in [0.717, 1.165) is 37.1 Å². The van der Waals surface area contributed by atoms with E-state index in [4.69, 9.17) is 18.0 Å². The van der Waals surface area contributed by atoms with Crippen molar-refractivity contribution in [2.75, 3.05) is 20.1 Å². The monoisotopic (exact) mass is 309 g/mol. The lowest BCUT2D eigenvalue weighted by Gasteiger charge is -2.31. The Balaban J connectivity index is 2.02. The van der Waals surface area contributed by atoms with Gasteiger partial charge >= 0.3 is 0 Å². The number of nitrogens with two attached hydrogens (primary N) is 1. The topological polar surface area (TPSA) is 58.4 Å². The van der Waals surface area contributed by atoms with Crippen LogP contribution in [0.2, 0.25) is 0 Å². The van der Waals surface area contributed by atoms with Crippen molar-refractivity contribution in [3.05, 3.63) is 35.1 Å². The van der Waals surface area contributed by atoms with Crippen LogP contribution in [0.25, 0.3) is 0 Å². The predicted octanol–water partition coefficient (Wildman–Crippen LogP) is 1.42. The molecule has 1 amide bonds. The van der Waals surface area contributed by atoms with E-state index in [1.54, 1.807) is 13.1 Å². The molecule has 0 aromatic heterocycles. The van der Waals surface area contributed by atoms with Gasteiger partial charge in [0, 0.05) is 25.1 Å². The third kappa shape index (κ3) is 3.98. The van der Waals surface area contributed by atoms with Crippen LogP contribution < -0.4 is 11.1 Å². The smallest absolute Gasteiger partial charge is 0.222 e. The third-order valence-corrected chi connectivity index (χ3v) is 4.15. The molecule has 1 saturated heterocycles. The second-order valence-electron chi connectivity index (χ2n) is 5.33. The summed E-state index contributed by atoms with van der Waals surface area (Å²) in [7, 11) is 1.66. The minimum Gasteiger partial charge on any atom is -0.389 e. The van der Waals surface area contributed by atoms with Crippen molar-refractivity contribution in [1.82, 2.24) is 10.2 Å². The lowest BCUT2D eigenvalue weighted by molar-refractivity contribution is -0.125. The molecule has 1 aliphatic rings. The Labute approximate surface area is 129 Å². The largest absolute Gasteiger partial charge is 0.389 e. The second kappa shape index (κ2) is 6.95. The number of rotatable bonds is 4. The summed E-state index contributed by atoms with van der Waals surface area (Å²) in [4.78, 5) is 14.1. The summed E-state index contributed by atoms with van der Waals surface area (Å²) in [5.41, 5.74) is 7.22. The van der Waals surface area contributed by atoms with Gasteiger partial charge in [-0.3, -0.25) is 9.69 Å². The second-order valence-corrected chi connectivity index (χ2v) is 5.77. The molecule has 0 aliphatic carbocycles. The molecule has 114 valence electrons. The molecule has 0 radical (unpaired) electrons. The molecule has 1 fully saturated rings. The number of amides is 1. The summed E-state index contributed by atoms with van der Waals surface area (Å²) < 4.78 is 13.4. The van der Waals surface area contributed by atoms with Crippen LogP contribution in [-0.4, -0.2) is 35.9 Å². The van der Waals surface area contributed by atoms with Crippen LogP contribution in [0.15, 0.2) is 18.2 Å². The molecule has 6 heteroatoms. The van der Waals surface area contributed by atoms with E-state index in [1.807, 2.05) is 0 Å². The van der Waals surface area contributed by atoms with Crippen molar-refractivity contribution in [1.29, 1.82) is 0 Å². The number of hydrogen-bond acceptors (Lipinski definition) is 3. The van der Waals surface area contributed by atoms with E-state index in [1.165, 1.54) is 12.1 Å². The van der Waals surface area contributed by atoms with Crippen molar-refractivity contribution in [2.24, 2.45) is 11.7 Å². The van der Waals surface area contributed by atoms with E-state index < -0.39 is 0 Å². The number of piperidine rings is 1. The number of hydrogen-bond donors (Lipinski definition) is 2. The number of nitrogens with one attached hydrogen (secondary N) is 1. The van der Waals surface area contributed by atoms with Gasteiger partial charge < -0.3 is 11.1 Å². The average molecular weight is 309 g/mol. The first-order chi connectivity index (χ1) is 10.0. The lowest BCUT2D eigenvalue weighted by Crippen LogP contribution is -2.39. The molecule has 0 unspecified atom stereocenters. The summed E-state index contributed by atoms with van der Waals surface area (Å²) >= 11 is 5.01. The molecule has 1 aromatic rings. The molecule has 2 rings (SSSR count). The zero-order valence-electron chi connectivity index (χ0n) is 12.1. The Bertz CT molecular complexity index is 542. The first kappa shape index (κ1) is 15.9.